The van der Waals surface area contributed by atoms with Gasteiger partial charge in [0.1, 0.15) is 6.04 Å². The van der Waals surface area contributed by atoms with Gasteiger partial charge in [-0.1, -0.05) is 41.9 Å². The van der Waals surface area contributed by atoms with E-state index < -0.39 is 45.1 Å². The summed E-state index contributed by atoms with van der Waals surface area (Å²) in [6.45, 7) is 1.33. The first kappa shape index (κ1) is 30.5. The number of amides is 2. The molecule has 2 N–H and O–H groups in total. The van der Waals surface area contributed by atoms with Crippen LogP contribution in [-0.2, 0) is 44.4 Å². The molecular weight excluding hydrogens is 610 g/mol. The van der Waals surface area contributed by atoms with E-state index in [0.717, 1.165) is 23.3 Å². The third-order valence-corrected chi connectivity index (χ3v) is 10.5. The summed E-state index contributed by atoms with van der Waals surface area (Å²) in [5.41, 5.74) is 3.21. The predicted octanol–water partition coefficient (Wildman–Crippen LogP) is 3.70. The minimum Gasteiger partial charge on any atom is -0.343 e. The highest BCUT2D eigenvalue weighted by Gasteiger charge is 2.48. The summed E-state index contributed by atoms with van der Waals surface area (Å²) in [6.07, 6.45) is 2.75. The molecule has 2 amide bonds. The van der Waals surface area contributed by atoms with Crippen molar-refractivity contribution in [2.45, 2.75) is 49.7 Å². The maximum absolute atomic E-state index is 14.0. The lowest BCUT2D eigenvalue weighted by Crippen LogP contribution is -2.57. The van der Waals surface area contributed by atoms with Gasteiger partial charge in [0, 0.05) is 43.0 Å². The van der Waals surface area contributed by atoms with Gasteiger partial charge >= 0.3 is 0 Å². The number of anilines is 1. The van der Waals surface area contributed by atoms with Gasteiger partial charge in [-0.2, -0.15) is 0 Å². The summed E-state index contributed by atoms with van der Waals surface area (Å²) in [4.78, 5) is 29.2. The number of nitrogens with one attached hydrogen (secondary N) is 2. The van der Waals surface area contributed by atoms with E-state index in [9.17, 15) is 26.8 Å². The van der Waals surface area contributed by atoms with Crippen LogP contribution in [0.2, 0.25) is 5.02 Å². The SMILES string of the molecule is CS(=O)(=O)N1CC2(CCN(C(=O)[C@@H](Cc3ccc(Cl)cc3)NC(=O)C3Cc4cc(F)c(F)cc4CN3)CC2)c2ccccc21. The van der Waals surface area contributed by atoms with E-state index in [1.165, 1.54) is 10.6 Å². The number of nitrogens with zero attached hydrogens (tertiary/aromatic N) is 2. The summed E-state index contributed by atoms with van der Waals surface area (Å²) in [7, 11) is -3.47. The highest BCUT2D eigenvalue weighted by molar-refractivity contribution is 7.92. The van der Waals surface area contributed by atoms with Crippen LogP contribution in [0, 0.1) is 11.6 Å². The van der Waals surface area contributed by atoms with Gasteiger partial charge < -0.3 is 15.5 Å². The topological polar surface area (TPSA) is 98.8 Å². The molecule has 1 fully saturated rings. The average molecular weight is 643 g/mol. The molecule has 0 radical (unpaired) electrons. The molecule has 3 aliphatic heterocycles. The molecule has 1 unspecified atom stereocenters. The Morgan fingerprint density at radius 2 is 1.70 bits per heavy atom. The van der Waals surface area contributed by atoms with E-state index in [1.54, 1.807) is 17.0 Å². The fourth-order valence-corrected chi connectivity index (χ4v) is 7.83. The maximum atomic E-state index is 14.0. The number of sulfonamides is 1. The van der Waals surface area contributed by atoms with Gasteiger partial charge in [-0.25, -0.2) is 17.2 Å². The van der Waals surface area contributed by atoms with Crippen LogP contribution in [0.15, 0.2) is 60.7 Å². The maximum Gasteiger partial charge on any atom is 0.245 e. The molecular formula is C32H33ClF2N4O4S. The Morgan fingerprint density at radius 3 is 2.39 bits per heavy atom. The molecule has 2 atom stereocenters. The Bertz CT molecular complexity index is 1710. The Labute approximate surface area is 260 Å². The number of fused-ring (bicyclic) bond motifs is 3. The monoisotopic (exact) mass is 642 g/mol. The van der Waals surface area contributed by atoms with E-state index >= 15 is 0 Å². The molecule has 6 rings (SSSR count). The number of likely N-dealkylation sites (tertiary alicyclic amines) is 1. The zero-order valence-electron chi connectivity index (χ0n) is 24.2. The molecule has 3 aromatic carbocycles. The molecule has 12 heteroatoms. The summed E-state index contributed by atoms with van der Waals surface area (Å²) in [5.74, 6) is -2.54. The van der Waals surface area contributed by atoms with Crippen LogP contribution in [0.3, 0.4) is 0 Å². The van der Waals surface area contributed by atoms with Crippen LogP contribution in [0.1, 0.15) is 35.1 Å². The smallest absolute Gasteiger partial charge is 0.245 e. The van der Waals surface area contributed by atoms with Gasteiger partial charge in [0.05, 0.1) is 18.0 Å². The Kier molecular flexibility index (Phi) is 8.15. The highest BCUT2D eigenvalue weighted by Crippen LogP contribution is 2.47. The van der Waals surface area contributed by atoms with Crippen LogP contribution in [0.25, 0.3) is 0 Å². The highest BCUT2D eigenvalue weighted by atomic mass is 35.5. The van der Waals surface area contributed by atoms with Gasteiger partial charge in [0.2, 0.25) is 21.8 Å². The first-order chi connectivity index (χ1) is 20.9. The number of hydrogen-bond donors (Lipinski definition) is 2. The molecule has 44 heavy (non-hydrogen) atoms. The van der Waals surface area contributed by atoms with Crippen LogP contribution in [0.4, 0.5) is 14.5 Å². The van der Waals surface area contributed by atoms with E-state index in [4.69, 9.17) is 11.6 Å². The van der Waals surface area contributed by atoms with Gasteiger partial charge in [-0.3, -0.25) is 13.9 Å². The van der Waals surface area contributed by atoms with Crippen molar-refractivity contribution in [2.24, 2.45) is 0 Å². The van der Waals surface area contributed by atoms with Gasteiger partial charge in [0.25, 0.3) is 0 Å². The molecule has 232 valence electrons. The van der Waals surface area contributed by atoms with E-state index in [-0.39, 0.29) is 25.3 Å². The quantitative estimate of drug-likeness (QED) is 0.428. The first-order valence-corrected chi connectivity index (χ1v) is 16.8. The molecule has 0 bridgehead atoms. The third kappa shape index (κ3) is 5.92. The van der Waals surface area contributed by atoms with Crippen molar-refractivity contribution >= 4 is 39.1 Å². The second-order valence-electron chi connectivity index (χ2n) is 12.0. The number of hydrogen-bond acceptors (Lipinski definition) is 5. The number of rotatable bonds is 6. The zero-order valence-corrected chi connectivity index (χ0v) is 25.7. The molecule has 1 saturated heterocycles. The number of halogens is 3. The summed E-state index contributed by atoms with van der Waals surface area (Å²) < 4.78 is 54.2. The van der Waals surface area contributed by atoms with Crippen LogP contribution >= 0.6 is 11.6 Å². The molecule has 8 nitrogen and oxygen atoms in total. The fourth-order valence-electron chi connectivity index (χ4n) is 6.71. The lowest BCUT2D eigenvalue weighted by molar-refractivity contribution is -0.138. The number of carbonyl (C=O) groups is 2. The van der Waals surface area contributed by atoms with Crippen molar-refractivity contribution < 1.29 is 26.8 Å². The van der Waals surface area contributed by atoms with Crippen LogP contribution in [-0.4, -0.2) is 63.1 Å². The number of piperidine rings is 1. The third-order valence-electron chi connectivity index (χ3n) is 9.11. The van der Waals surface area contributed by atoms with Crippen molar-refractivity contribution in [3.05, 3.63) is 99.6 Å². The van der Waals surface area contributed by atoms with Crippen molar-refractivity contribution in [2.75, 3.05) is 30.2 Å². The molecule has 0 aliphatic carbocycles. The van der Waals surface area contributed by atoms with Crippen molar-refractivity contribution in [1.82, 2.24) is 15.5 Å². The van der Waals surface area contributed by atoms with Gasteiger partial charge in [-0.05, 0) is 71.8 Å². The van der Waals surface area contributed by atoms with Crippen LogP contribution in [0.5, 0.6) is 0 Å². The normalized spacial score (nSPS) is 19.8. The fraction of sp³-hybridized carbons (Fsp3) is 0.375. The number of benzene rings is 3. The van der Waals surface area contributed by atoms with E-state index in [2.05, 4.69) is 10.6 Å². The standard InChI is InChI=1S/C32H33ClF2N4O4S/c1-44(42,43)39-19-32(24-4-2-3-5-29(24)39)10-12-38(13-11-32)31(41)28(14-20-6-8-23(33)9-7-20)37-30(40)27-17-21-15-25(34)26(35)16-22(21)18-36-27/h2-9,15-16,27-28,36H,10-14,17-19H2,1H3,(H,37,40)/t27?,28-/m1/s1. The second kappa shape index (κ2) is 11.8. The molecule has 0 saturated carbocycles. The zero-order chi connectivity index (χ0) is 31.2. The van der Waals surface area contributed by atoms with E-state index in [1.807, 2.05) is 36.4 Å². The largest absolute Gasteiger partial charge is 0.343 e. The predicted molar refractivity (Wildman–Crippen MR) is 164 cm³/mol. The minimum atomic E-state index is -3.47. The molecule has 0 aromatic heterocycles. The Hall–Kier alpha value is -3.54. The van der Waals surface area contributed by atoms with Gasteiger partial charge in [-0.15, -0.1) is 0 Å². The second-order valence-corrected chi connectivity index (χ2v) is 14.3. The number of carbonyl (C=O) groups excluding carboxylic acids is 2. The lowest BCUT2D eigenvalue weighted by atomic mass is 9.74. The Balaban J connectivity index is 1.19. The molecule has 3 aromatic rings. The van der Waals surface area contributed by atoms with Crippen molar-refractivity contribution in [3.8, 4) is 0 Å². The summed E-state index contributed by atoms with van der Waals surface area (Å²) in [6, 6.07) is 15.2. The van der Waals surface area contributed by atoms with Gasteiger partial charge in [0.15, 0.2) is 11.6 Å². The molecule has 3 aliphatic rings. The lowest BCUT2D eigenvalue weighted by Gasteiger charge is -2.41. The van der Waals surface area contributed by atoms with Crippen molar-refractivity contribution in [3.63, 3.8) is 0 Å². The van der Waals surface area contributed by atoms with Crippen molar-refractivity contribution in [1.29, 1.82) is 0 Å². The van der Waals surface area contributed by atoms with E-state index in [0.29, 0.717) is 54.3 Å². The minimum absolute atomic E-state index is 0.155. The van der Waals surface area contributed by atoms with Crippen LogP contribution < -0.4 is 14.9 Å². The first-order valence-electron chi connectivity index (χ1n) is 14.5. The average Bonchev–Trinajstić information content (AvgIpc) is 3.32. The Morgan fingerprint density at radius 1 is 1.05 bits per heavy atom. The molecule has 1 spiro atoms. The summed E-state index contributed by atoms with van der Waals surface area (Å²) >= 11 is 6.07. The molecule has 3 heterocycles. The summed E-state index contributed by atoms with van der Waals surface area (Å²) in [5, 5.41) is 6.56. The number of para-hydroxylation sites is 1.